The van der Waals surface area contributed by atoms with Gasteiger partial charge < -0.3 is 5.73 Å². The van der Waals surface area contributed by atoms with Crippen LogP contribution in [0, 0.1) is 13.8 Å². The summed E-state index contributed by atoms with van der Waals surface area (Å²) in [6.07, 6.45) is 0.924. The SMILES string of the molecule is CCC(C)(CN)c1nnc(C)c(C)n1. The van der Waals surface area contributed by atoms with E-state index in [0.717, 1.165) is 23.6 Å². The van der Waals surface area contributed by atoms with E-state index < -0.39 is 0 Å². The van der Waals surface area contributed by atoms with Crippen molar-refractivity contribution in [2.75, 3.05) is 6.54 Å². The highest BCUT2D eigenvalue weighted by atomic mass is 15.2. The average molecular weight is 194 g/mol. The van der Waals surface area contributed by atoms with Gasteiger partial charge in [0.25, 0.3) is 0 Å². The lowest BCUT2D eigenvalue weighted by atomic mass is 9.87. The number of aromatic nitrogens is 3. The summed E-state index contributed by atoms with van der Waals surface area (Å²) in [5.41, 5.74) is 7.39. The second kappa shape index (κ2) is 4.00. The van der Waals surface area contributed by atoms with Gasteiger partial charge in [0.1, 0.15) is 0 Å². The van der Waals surface area contributed by atoms with Crippen molar-refractivity contribution < 1.29 is 0 Å². The lowest BCUT2D eigenvalue weighted by molar-refractivity contribution is 0.429. The number of hydrogen-bond donors (Lipinski definition) is 1. The second-order valence-electron chi connectivity index (χ2n) is 3.92. The normalized spacial score (nSPS) is 15.2. The molecule has 0 aromatic carbocycles. The fraction of sp³-hybridized carbons (Fsp3) is 0.700. The van der Waals surface area contributed by atoms with Crippen LogP contribution in [-0.4, -0.2) is 21.7 Å². The van der Waals surface area contributed by atoms with Crippen LogP contribution < -0.4 is 5.73 Å². The predicted octanol–water partition coefficient (Wildman–Crippen LogP) is 1.11. The van der Waals surface area contributed by atoms with Gasteiger partial charge in [-0.2, -0.15) is 5.10 Å². The zero-order valence-electron chi connectivity index (χ0n) is 9.33. The summed E-state index contributed by atoms with van der Waals surface area (Å²) in [6, 6.07) is 0. The molecule has 0 aliphatic heterocycles. The van der Waals surface area contributed by atoms with Crippen LogP contribution in [0.4, 0.5) is 0 Å². The molecule has 0 aliphatic rings. The van der Waals surface area contributed by atoms with Crippen LogP contribution in [0.2, 0.25) is 0 Å². The quantitative estimate of drug-likeness (QED) is 0.783. The predicted molar refractivity (Wildman–Crippen MR) is 56.0 cm³/mol. The maximum atomic E-state index is 5.73. The highest BCUT2D eigenvalue weighted by Gasteiger charge is 2.26. The molecule has 4 nitrogen and oxygen atoms in total. The molecule has 0 radical (unpaired) electrons. The van der Waals surface area contributed by atoms with E-state index in [0.29, 0.717) is 6.54 Å². The topological polar surface area (TPSA) is 64.7 Å². The van der Waals surface area contributed by atoms with Gasteiger partial charge in [-0.05, 0) is 20.3 Å². The van der Waals surface area contributed by atoms with Crippen molar-refractivity contribution in [1.29, 1.82) is 0 Å². The molecule has 1 aromatic heterocycles. The largest absolute Gasteiger partial charge is 0.329 e. The molecule has 0 fully saturated rings. The Balaban J connectivity index is 3.12. The van der Waals surface area contributed by atoms with Gasteiger partial charge in [0.2, 0.25) is 0 Å². The molecule has 1 heterocycles. The van der Waals surface area contributed by atoms with Gasteiger partial charge >= 0.3 is 0 Å². The smallest absolute Gasteiger partial charge is 0.158 e. The Morgan fingerprint density at radius 2 is 1.86 bits per heavy atom. The van der Waals surface area contributed by atoms with Crippen molar-refractivity contribution >= 4 is 0 Å². The number of nitrogens with two attached hydrogens (primary N) is 1. The molecule has 1 atom stereocenters. The third-order valence-corrected chi connectivity index (χ3v) is 2.86. The summed E-state index contributed by atoms with van der Waals surface area (Å²) >= 11 is 0. The van der Waals surface area contributed by atoms with Crippen LogP contribution in [0.5, 0.6) is 0 Å². The first-order valence-corrected chi connectivity index (χ1v) is 4.92. The van der Waals surface area contributed by atoms with Crippen LogP contribution >= 0.6 is 0 Å². The summed E-state index contributed by atoms with van der Waals surface area (Å²) in [5, 5.41) is 8.18. The van der Waals surface area contributed by atoms with Crippen LogP contribution in [0.3, 0.4) is 0 Å². The molecule has 4 heteroatoms. The summed E-state index contributed by atoms with van der Waals surface area (Å²) in [7, 11) is 0. The Hall–Kier alpha value is -1.03. The molecule has 0 saturated heterocycles. The van der Waals surface area contributed by atoms with Crippen LogP contribution in [0.1, 0.15) is 37.5 Å². The Kier molecular flexibility index (Phi) is 3.16. The number of aryl methyl sites for hydroxylation is 2. The molecule has 0 saturated carbocycles. The van der Waals surface area contributed by atoms with Gasteiger partial charge in [-0.15, -0.1) is 5.10 Å². The number of rotatable bonds is 3. The van der Waals surface area contributed by atoms with Crippen molar-refractivity contribution in [3.05, 3.63) is 17.2 Å². The Morgan fingerprint density at radius 1 is 1.21 bits per heavy atom. The average Bonchev–Trinajstić information content (AvgIpc) is 2.21. The van der Waals surface area contributed by atoms with Crippen molar-refractivity contribution in [3.63, 3.8) is 0 Å². The molecule has 2 N–H and O–H groups in total. The molecule has 0 aliphatic carbocycles. The molecular formula is C10H18N4. The first-order chi connectivity index (χ1) is 6.53. The van der Waals surface area contributed by atoms with Gasteiger partial charge in [-0.3, -0.25) is 0 Å². The maximum absolute atomic E-state index is 5.73. The van der Waals surface area contributed by atoms with Crippen molar-refractivity contribution in [1.82, 2.24) is 15.2 Å². The summed E-state index contributed by atoms with van der Waals surface area (Å²) in [6.45, 7) is 8.56. The van der Waals surface area contributed by atoms with Gasteiger partial charge in [-0.25, -0.2) is 4.98 Å². The number of nitrogens with zero attached hydrogens (tertiary/aromatic N) is 3. The zero-order chi connectivity index (χ0) is 10.8. The van der Waals surface area contributed by atoms with Gasteiger partial charge in [0.15, 0.2) is 5.82 Å². The molecule has 0 amide bonds. The zero-order valence-corrected chi connectivity index (χ0v) is 9.33. The fourth-order valence-electron chi connectivity index (χ4n) is 1.11. The highest BCUT2D eigenvalue weighted by Crippen LogP contribution is 2.22. The van der Waals surface area contributed by atoms with E-state index in [-0.39, 0.29) is 5.41 Å². The van der Waals surface area contributed by atoms with E-state index in [1.165, 1.54) is 0 Å². The standard InChI is InChI=1S/C10H18N4/c1-5-10(4,6-11)9-12-7(2)8(3)13-14-9/h5-6,11H2,1-4H3. The molecule has 1 rings (SSSR count). The minimum atomic E-state index is -0.147. The molecular weight excluding hydrogens is 176 g/mol. The minimum absolute atomic E-state index is 0.147. The molecule has 1 aromatic rings. The van der Waals surface area contributed by atoms with Crippen LogP contribution in [0.15, 0.2) is 0 Å². The third kappa shape index (κ3) is 1.90. The first kappa shape index (κ1) is 11.0. The van der Waals surface area contributed by atoms with Gasteiger partial charge in [0.05, 0.1) is 11.4 Å². The first-order valence-electron chi connectivity index (χ1n) is 4.92. The molecule has 0 bridgehead atoms. The van der Waals surface area contributed by atoms with E-state index in [1.807, 2.05) is 13.8 Å². The van der Waals surface area contributed by atoms with E-state index in [1.54, 1.807) is 0 Å². The third-order valence-electron chi connectivity index (χ3n) is 2.86. The monoisotopic (exact) mass is 194 g/mol. The van der Waals surface area contributed by atoms with Crippen LogP contribution in [0.25, 0.3) is 0 Å². The van der Waals surface area contributed by atoms with Crippen molar-refractivity contribution in [2.45, 2.75) is 39.5 Å². The molecule has 14 heavy (non-hydrogen) atoms. The minimum Gasteiger partial charge on any atom is -0.329 e. The molecule has 78 valence electrons. The highest BCUT2D eigenvalue weighted by molar-refractivity contribution is 5.11. The van der Waals surface area contributed by atoms with E-state index in [4.69, 9.17) is 5.73 Å². The van der Waals surface area contributed by atoms with E-state index >= 15 is 0 Å². The Bertz CT molecular complexity index is 318. The van der Waals surface area contributed by atoms with Crippen molar-refractivity contribution in [3.8, 4) is 0 Å². The fourth-order valence-corrected chi connectivity index (χ4v) is 1.11. The lowest BCUT2D eigenvalue weighted by Gasteiger charge is -2.24. The second-order valence-corrected chi connectivity index (χ2v) is 3.92. The number of hydrogen-bond acceptors (Lipinski definition) is 4. The van der Waals surface area contributed by atoms with Gasteiger partial charge in [0, 0.05) is 12.0 Å². The van der Waals surface area contributed by atoms with Gasteiger partial charge in [-0.1, -0.05) is 13.8 Å². The summed E-state index contributed by atoms with van der Waals surface area (Å²) in [5.74, 6) is 0.755. The Morgan fingerprint density at radius 3 is 2.29 bits per heavy atom. The van der Waals surface area contributed by atoms with Crippen molar-refractivity contribution in [2.24, 2.45) is 5.73 Å². The molecule has 0 spiro atoms. The summed E-state index contributed by atoms with van der Waals surface area (Å²) in [4.78, 5) is 4.43. The van der Waals surface area contributed by atoms with E-state index in [9.17, 15) is 0 Å². The van der Waals surface area contributed by atoms with Crippen LogP contribution in [-0.2, 0) is 5.41 Å². The lowest BCUT2D eigenvalue weighted by Crippen LogP contribution is -2.33. The Labute approximate surface area is 85.0 Å². The molecule has 1 unspecified atom stereocenters. The summed E-state index contributed by atoms with van der Waals surface area (Å²) < 4.78 is 0. The van der Waals surface area contributed by atoms with E-state index in [2.05, 4.69) is 29.0 Å². The maximum Gasteiger partial charge on any atom is 0.158 e.